The van der Waals surface area contributed by atoms with Crippen LogP contribution in [0.4, 0.5) is 0 Å². The van der Waals surface area contributed by atoms with Crippen LogP contribution < -0.4 is 10.6 Å². The van der Waals surface area contributed by atoms with Crippen LogP contribution in [0.5, 0.6) is 0 Å². The van der Waals surface area contributed by atoms with Crippen molar-refractivity contribution in [2.75, 3.05) is 20.1 Å². The van der Waals surface area contributed by atoms with Crippen LogP contribution in [0.2, 0.25) is 0 Å². The predicted octanol–water partition coefficient (Wildman–Crippen LogP) is 1.45. The molecule has 1 aliphatic rings. The van der Waals surface area contributed by atoms with E-state index in [-0.39, 0.29) is 0 Å². The van der Waals surface area contributed by atoms with Gasteiger partial charge in [0.1, 0.15) is 11.4 Å². The summed E-state index contributed by atoms with van der Waals surface area (Å²) in [6, 6.07) is 3.54. The highest BCUT2D eigenvalue weighted by Crippen LogP contribution is 2.25. The second-order valence-electron chi connectivity index (χ2n) is 5.35. The number of rotatable bonds is 5. The van der Waals surface area contributed by atoms with Gasteiger partial charge >= 0.3 is 0 Å². The fourth-order valence-electron chi connectivity index (χ4n) is 2.09. The molecule has 1 heterocycles. The van der Waals surface area contributed by atoms with Gasteiger partial charge in [0.15, 0.2) is 5.96 Å². The van der Waals surface area contributed by atoms with Gasteiger partial charge in [-0.3, -0.25) is 4.99 Å². The van der Waals surface area contributed by atoms with Crippen LogP contribution in [0.1, 0.15) is 31.9 Å². The maximum atomic E-state index is 10.3. The lowest BCUT2D eigenvalue weighted by Gasteiger charge is -2.27. The lowest BCUT2D eigenvalue weighted by molar-refractivity contribution is 0.0385. The highest BCUT2D eigenvalue weighted by molar-refractivity contribution is 5.79. The number of furan rings is 1. The molecule has 0 spiro atoms. The van der Waals surface area contributed by atoms with E-state index in [2.05, 4.69) is 15.6 Å². The van der Waals surface area contributed by atoms with Crippen LogP contribution in [-0.2, 0) is 5.60 Å². The zero-order valence-corrected chi connectivity index (χ0v) is 11.6. The van der Waals surface area contributed by atoms with E-state index >= 15 is 0 Å². The van der Waals surface area contributed by atoms with Crippen molar-refractivity contribution in [3.63, 3.8) is 0 Å². The summed E-state index contributed by atoms with van der Waals surface area (Å²) in [6.45, 7) is 3.02. The third kappa shape index (κ3) is 3.73. The van der Waals surface area contributed by atoms with Crippen molar-refractivity contribution in [2.24, 2.45) is 10.9 Å². The van der Waals surface area contributed by atoms with Crippen LogP contribution in [-0.4, -0.2) is 31.2 Å². The summed E-state index contributed by atoms with van der Waals surface area (Å²) in [5, 5.41) is 16.7. The lowest BCUT2D eigenvalue weighted by Crippen LogP contribution is -2.46. The van der Waals surface area contributed by atoms with Gasteiger partial charge in [0.2, 0.25) is 0 Å². The molecule has 5 heteroatoms. The third-order valence-corrected chi connectivity index (χ3v) is 3.66. The summed E-state index contributed by atoms with van der Waals surface area (Å²) in [5.74, 6) is 2.04. The van der Waals surface area contributed by atoms with Crippen LogP contribution >= 0.6 is 0 Å². The van der Waals surface area contributed by atoms with Gasteiger partial charge in [-0.25, -0.2) is 0 Å². The Morgan fingerprint density at radius 3 is 2.84 bits per heavy atom. The zero-order valence-electron chi connectivity index (χ0n) is 11.6. The van der Waals surface area contributed by atoms with Crippen molar-refractivity contribution < 1.29 is 9.52 Å². The molecule has 3 N–H and O–H groups in total. The van der Waals surface area contributed by atoms with Crippen molar-refractivity contribution >= 4 is 5.96 Å². The molecule has 1 atom stereocenters. The maximum Gasteiger partial charge on any atom is 0.191 e. The average Bonchev–Trinajstić information content (AvgIpc) is 2.85. The van der Waals surface area contributed by atoms with Gasteiger partial charge in [-0.15, -0.1) is 0 Å². The Balaban J connectivity index is 1.78. The van der Waals surface area contributed by atoms with E-state index < -0.39 is 5.60 Å². The Bertz CT molecular complexity index is 408. The van der Waals surface area contributed by atoms with Crippen molar-refractivity contribution in [3.8, 4) is 0 Å². The number of guanidine groups is 1. The smallest absolute Gasteiger partial charge is 0.191 e. The predicted molar refractivity (Wildman–Crippen MR) is 75.0 cm³/mol. The monoisotopic (exact) mass is 265 g/mol. The number of hydrogen-bond acceptors (Lipinski definition) is 3. The molecule has 1 fully saturated rings. The van der Waals surface area contributed by atoms with E-state index in [1.807, 2.05) is 0 Å². The molecule has 0 aliphatic heterocycles. The molecule has 1 unspecified atom stereocenters. The van der Waals surface area contributed by atoms with Crippen LogP contribution in [0.15, 0.2) is 27.8 Å². The Morgan fingerprint density at radius 2 is 2.32 bits per heavy atom. The number of nitrogens with zero attached hydrogens (tertiary/aromatic N) is 1. The maximum absolute atomic E-state index is 10.3. The molecule has 1 aliphatic carbocycles. The molecule has 0 radical (unpaired) electrons. The highest BCUT2D eigenvalue weighted by atomic mass is 16.4. The first kappa shape index (κ1) is 13.9. The molecule has 0 amide bonds. The zero-order chi connectivity index (χ0) is 13.7. The first-order chi connectivity index (χ1) is 9.12. The summed E-state index contributed by atoms with van der Waals surface area (Å²) >= 11 is 0. The van der Waals surface area contributed by atoms with Crippen molar-refractivity contribution in [2.45, 2.75) is 31.8 Å². The summed E-state index contributed by atoms with van der Waals surface area (Å²) in [7, 11) is 1.73. The van der Waals surface area contributed by atoms with Crippen LogP contribution in [0.3, 0.4) is 0 Å². The van der Waals surface area contributed by atoms with E-state index in [1.165, 1.54) is 19.3 Å². The molecule has 106 valence electrons. The quantitative estimate of drug-likeness (QED) is 0.557. The number of aliphatic hydroxyl groups is 1. The third-order valence-electron chi connectivity index (χ3n) is 3.66. The van der Waals surface area contributed by atoms with Gasteiger partial charge in [0.25, 0.3) is 0 Å². The van der Waals surface area contributed by atoms with Crippen molar-refractivity contribution in [3.05, 3.63) is 24.2 Å². The molecular weight excluding hydrogens is 242 g/mol. The van der Waals surface area contributed by atoms with Crippen LogP contribution in [0.25, 0.3) is 0 Å². The molecule has 1 aromatic heterocycles. The van der Waals surface area contributed by atoms with Crippen LogP contribution in [0, 0.1) is 5.92 Å². The summed E-state index contributed by atoms with van der Waals surface area (Å²) in [4.78, 5) is 4.16. The van der Waals surface area contributed by atoms with E-state index in [4.69, 9.17) is 4.42 Å². The molecule has 19 heavy (non-hydrogen) atoms. The second-order valence-corrected chi connectivity index (χ2v) is 5.35. The largest absolute Gasteiger partial charge is 0.466 e. The SMILES string of the molecule is CN=C(NCC1CCC1)NCC(C)(O)c1ccco1. The molecule has 5 nitrogen and oxygen atoms in total. The summed E-state index contributed by atoms with van der Waals surface area (Å²) < 4.78 is 5.24. The first-order valence-electron chi connectivity index (χ1n) is 6.83. The lowest BCUT2D eigenvalue weighted by atomic mass is 9.85. The van der Waals surface area contributed by atoms with Gasteiger partial charge in [0.05, 0.1) is 12.8 Å². The Kier molecular flexibility index (Phi) is 4.47. The number of nitrogens with one attached hydrogen (secondary N) is 2. The average molecular weight is 265 g/mol. The molecule has 1 saturated carbocycles. The van der Waals surface area contributed by atoms with E-state index in [1.54, 1.807) is 32.4 Å². The van der Waals surface area contributed by atoms with Gasteiger partial charge in [-0.1, -0.05) is 6.42 Å². The van der Waals surface area contributed by atoms with Gasteiger partial charge in [-0.2, -0.15) is 0 Å². The minimum Gasteiger partial charge on any atom is -0.466 e. The molecule has 1 aromatic rings. The second kappa shape index (κ2) is 6.10. The molecule has 0 aromatic carbocycles. The van der Waals surface area contributed by atoms with Crippen molar-refractivity contribution in [1.82, 2.24) is 10.6 Å². The minimum atomic E-state index is -1.04. The Morgan fingerprint density at radius 1 is 1.53 bits per heavy atom. The van der Waals surface area contributed by atoms with Crippen molar-refractivity contribution in [1.29, 1.82) is 0 Å². The standard InChI is InChI=1S/C14H23N3O2/c1-14(18,12-7-4-8-19-12)10-17-13(15-2)16-9-11-5-3-6-11/h4,7-8,11,18H,3,5-6,9-10H2,1-2H3,(H2,15,16,17). The Hall–Kier alpha value is -1.49. The molecular formula is C14H23N3O2. The first-order valence-corrected chi connectivity index (χ1v) is 6.83. The Labute approximate surface area is 114 Å². The fourth-order valence-corrected chi connectivity index (χ4v) is 2.09. The molecule has 0 bridgehead atoms. The topological polar surface area (TPSA) is 69.8 Å². The number of hydrogen-bond donors (Lipinski definition) is 3. The van der Waals surface area contributed by atoms with E-state index in [0.717, 1.165) is 18.4 Å². The summed E-state index contributed by atoms with van der Waals surface area (Å²) in [5.41, 5.74) is -1.04. The van der Waals surface area contributed by atoms with E-state index in [9.17, 15) is 5.11 Å². The highest BCUT2D eigenvalue weighted by Gasteiger charge is 2.26. The van der Waals surface area contributed by atoms with Gasteiger partial charge in [-0.05, 0) is 37.8 Å². The molecule has 0 saturated heterocycles. The summed E-state index contributed by atoms with van der Waals surface area (Å²) in [6.07, 6.45) is 5.50. The molecule has 2 rings (SSSR count). The minimum absolute atomic E-state index is 0.352. The van der Waals surface area contributed by atoms with Gasteiger partial charge in [0, 0.05) is 13.6 Å². The normalized spacial score (nSPS) is 19.6. The number of aliphatic imine (C=N–C) groups is 1. The van der Waals surface area contributed by atoms with E-state index in [0.29, 0.717) is 12.3 Å². The van der Waals surface area contributed by atoms with Gasteiger partial charge < -0.3 is 20.2 Å². The fraction of sp³-hybridized carbons (Fsp3) is 0.643.